The van der Waals surface area contributed by atoms with Crippen LogP contribution in [0.1, 0.15) is 30.4 Å². The smallest absolute Gasteiger partial charge is 0.314 e. The van der Waals surface area contributed by atoms with E-state index in [0.29, 0.717) is 24.8 Å². The molecule has 0 bridgehead atoms. The van der Waals surface area contributed by atoms with Crippen molar-refractivity contribution in [3.05, 3.63) is 64.1 Å². The molecule has 0 heterocycles. The fraction of sp³-hybridized carbons (Fsp3) is 0.263. The number of phenols is 1. The molecule has 0 aliphatic heterocycles. The van der Waals surface area contributed by atoms with E-state index in [0.717, 1.165) is 10.0 Å². The van der Waals surface area contributed by atoms with Gasteiger partial charge in [-0.3, -0.25) is 9.79 Å². The van der Waals surface area contributed by atoms with Crippen molar-refractivity contribution in [2.24, 2.45) is 4.99 Å². The number of carboxylic acids is 1. The number of benzene rings is 2. The zero-order chi connectivity index (χ0) is 17.2. The quantitative estimate of drug-likeness (QED) is 0.774. The molecule has 24 heavy (non-hydrogen) atoms. The van der Waals surface area contributed by atoms with Gasteiger partial charge in [0.05, 0.1) is 11.5 Å². The van der Waals surface area contributed by atoms with E-state index in [4.69, 9.17) is 0 Å². The van der Waals surface area contributed by atoms with Crippen molar-refractivity contribution in [2.45, 2.75) is 30.7 Å². The molecule has 0 saturated heterocycles. The van der Waals surface area contributed by atoms with E-state index in [2.05, 4.69) is 20.9 Å². The lowest BCUT2D eigenvalue weighted by molar-refractivity contribution is -0.143. The highest BCUT2D eigenvalue weighted by molar-refractivity contribution is 9.10. The Bertz CT molecular complexity index is 775. The fourth-order valence-corrected chi connectivity index (χ4v) is 3.68. The van der Waals surface area contributed by atoms with E-state index in [1.54, 1.807) is 24.4 Å². The molecular weight excluding hydrogens is 370 g/mol. The molecule has 2 atom stereocenters. The molecule has 2 aromatic rings. The first-order valence-electron chi connectivity index (χ1n) is 7.82. The van der Waals surface area contributed by atoms with Crippen LogP contribution in [0, 0.1) is 0 Å². The third kappa shape index (κ3) is 3.22. The number of aromatic hydroxyl groups is 1. The van der Waals surface area contributed by atoms with Crippen LogP contribution in [0.15, 0.2) is 58.0 Å². The molecule has 124 valence electrons. The predicted octanol–water partition coefficient (Wildman–Crippen LogP) is 4.15. The molecule has 2 unspecified atom stereocenters. The number of carboxylic acid groups (broad SMARTS) is 1. The van der Waals surface area contributed by atoms with Gasteiger partial charge < -0.3 is 10.2 Å². The molecule has 2 aromatic carbocycles. The molecule has 0 spiro atoms. The van der Waals surface area contributed by atoms with Crippen molar-refractivity contribution < 1.29 is 15.0 Å². The lowest BCUT2D eigenvalue weighted by Crippen LogP contribution is -2.33. The van der Waals surface area contributed by atoms with E-state index < -0.39 is 11.4 Å². The van der Waals surface area contributed by atoms with E-state index in [1.807, 2.05) is 30.3 Å². The van der Waals surface area contributed by atoms with Crippen molar-refractivity contribution in [1.82, 2.24) is 0 Å². The van der Waals surface area contributed by atoms with Crippen LogP contribution in [-0.4, -0.2) is 28.4 Å². The van der Waals surface area contributed by atoms with Crippen LogP contribution in [0.3, 0.4) is 0 Å². The summed E-state index contributed by atoms with van der Waals surface area (Å²) in [4.78, 5) is 16.5. The minimum absolute atomic E-state index is 0.0697. The van der Waals surface area contributed by atoms with Gasteiger partial charge in [-0.1, -0.05) is 46.3 Å². The zero-order valence-electron chi connectivity index (χ0n) is 13.0. The van der Waals surface area contributed by atoms with Gasteiger partial charge in [0.25, 0.3) is 0 Å². The summed E-state index contributed by atoms with van der Waals surface area (Å²) >= 11 is 3.37. The number of carbonyl (C=O) groups is 1. The zero-order valence-corrected chi connectivity index (χ0v) is 14.6. The summed E-state index contributed by atoms with van der Waals surface area (Å²) in [6, 6.07) is 14.5. The predicted molar refractivity (Wildman–Crippen MR) is 96.8 cm³/mol. The summed E-state index contributed by atoms with van der Waals surface area (Å²) in [6.45, 7) is 0. The highest BCUT2D eigenvalue weighted by atomic mass is 79.9. The normalized spacial score (nSPS) is 23.6. The maximum absolute atomic E-state index is 11.9. The molecular formula is C19H18BrNO3. The first-order chi connectivity index (χ1) is 11.5. The Kier molecular flexibility index (Phi) is 4.71. The number of hydrogen-bond acceptors (Lipinski definition) is 3. The third-order valence-corrected chi connectivity index (χ3v) is 5.13. The van der Waals surface area contributed by atoms with E-state index in [1.165, 1.54) is 0 Å². The number of nitrogens with zero attached hydrogens (tertiary/aromatic N) is 1. The Morgan fingerprint density at radius 2 is 2.00 bits per heavy atom. The Hall–Kier alpha value is -2.14. The van der Waals surface area contributed by atoms with Crippen LogP contribution in [-0.2, 0) is 10.2 Å². The molecule has 1 aliphatic rings. The summed E-state index contributed by atoms with van der Waals surface area (Å²) < 4.78 is 0.859. The average Bonchev–Trinajstić information content (AvgIpc) is 3.02. The molecule has 2 N–H and O–H groups in total. The van der Waals surface area contributed by atoms with Crippen LogP contribution < -0.4 is 0 Å². The lowest BCUT2D eigenvalue weighted by Gasteiger charge is -2.24. The third-order valence-electron chi connectivity index (χ3n) is 4.64. The Morgan fingerprint density at radius 1 is 1.25 bits per heavy atom. The summed E-state index contributed by atoms with van der Waals surface area (Å²) in [5.41, 5.74) is 0.584. The van der Waals surface area contributed by atoms with Gasteiger partial charge in [0, 0.05) is 16.3 Å². The first kappa shape index (κ1) is 16.7. The Labute approximate surface area is 149 Å². The van der Waals surface area contributed by atoms with Crippen molar-refractivity contribution in [3.63, 3.8) is 0 Å². The fourth-order valence-electron chi connectivity index (χ4n) is 3.30. The van der Waals surface area contributed by atoms with Crippen LogP contribution in [0.4, 0.5) is 0 Å². The van der Waals surface area contributed by atoms with E-state index in [-0.39, 0.29) is 11.8 Å². The summed E-state index contributed by atoms with van der Waals surface area (Å²) in [7, 11) is 0. The van der Waals surface area contributed by atoms with Crippen molar-refractivity contribution in [3.8, 4) is 5.75 Å². The van der Waals surface area contributed by atoms with Crippen molar-refractivity contribution in [2.75, 3.05) is 0 Å². The van der Waals surface area contributed by atoms with Crippen LogP contribution in [0.25, 0.3) is 0 Å². The molecule has 5 heteroatoms. The van der Waals surface area contributed by atoms with E-state index in [9.17, 15) is 15.0 Å². The Balaban J connectivity index is 1.82. The van der Waals surface area contributed by atoms with Gasteiger partial charge in [-0.05, 0) is 43.0 Å². The molecule has 0 aromatic heterocycles. The van der Waals surface area contributed by atoms with Gasteiger partial charge in [-0.25, -0.2) is 0 Å². The molecule has 0 amide bonds. The van der Waals surface area contributed by atoms with Gasteiger partial charge in [0.2, 0.25) is 0 Å². The van der Waals surface area contributed by atoms with Crippen molar-refractivity contribution >= 4 is 28.1 Å². The molecule has 1 saturated carbocycles. The van der Waals surface area contributed by atoms with Crippen LogP contribution in [0.5, 0.6) is 5.75 Å². The standard InChI is InChI=1S/C19H18BrNO3/c20-15-6-7-17(22)13(10-15)12-21-16-8-9-19(11-16,18(23)24)14-4-2-1-3-5-14/h1-7,10,12,16,22H,8-9,11H2,(H,23,24). The van der Waals surface area contributed by atoms with Crippen molar-refractivity contribution in [1.29, 1.82) is 0 Å². The van der Waals surface area contributed by atoms with E-state index >= 15 is 0 Å². The number of rotatable bonds is 4. The topological polar surface area (TPSA) is 69.9 Å². The van der Waals surface area contributed by atoms with Gasteiger partial charge in [0.15, 0.2) is 0 Å². The SMILES string of the molecule is O=C(O)C1(c2ccccc2)CCC(N=Cc2cc(Br)ccc2O)C1. The van der Waals surface area contributed by atoms with Crippen LogP contribution >= 0.6 is 15.9 Å². The highest BCUT2D eigenvalue weighted by Gasteiger charge is 2.46. The molecule has 1 aliphatic carbocycles. The Morgan fingerprint density at radius 3 is 2.71 bits per heavy atom. The molecule has 4 nitrogen and oxygen atoms in total. The molecule has 1 fully saturated rings. The minimum Gasteiger partial charge on any atom is -0.507 e. The van der Waals surface area contributed by atoms with Crippen LogP contribution in [0.2, 0.25) is 0 Å². The second-order valence-electron chi connectivity index (χ2n) is 6.13. The monoisotopic (exact) mass is 387 g/mol. The minimum atomic E-state index is -0.872. The number of aliphatic carboxylic acids is 1. The number of halogens is 1. The van der Waals surface area contributed by atoms with Gasteiger partial charge in [0.1, 0.15) is 5.75 Å². The maximum Gasteiger partial charge on any atom is 0.314 e. The number of aliphatic imine (C=N–C) groups is 1. The highest BCUT2D eigenvalue weighted by Crippen LogP contribution is 2.42. The second kappa shape index (κ2) is 6.77. The molecule has 0 radical (unpaired) electrons. The van der Waals surface area contributed by atoms with Gasteiger partial charge >= 0.3 is 5.97 Å². The second-order valence-corrected chi connectivity index (χ2v) is 7.05. The number of hydrogen-bond donors (Lipinski definition) is 2. The average molecular weight is 388 g/mol. The summed E-state index contributed by atoms with van der Waals surface area (Å²) in [5, 5.41) is 19.7. The maximum atomic E-state index is 11.9. The lowest BCUT2D eigenvalue weighted by atomic mass is 9.79. The summed E-state index contributed by atoms with van der Waals surface area (Å²) in [5.74, 6) is -0.635. The largest absolute Gasteiger partial charge is 0.507 e. The van der Waals surface area contributed by atoms with Gasteiger partial charge in [-0.15, -0.1) is 0 Å². The number of phenolic OH excluding ortho intramolecular Hbond substituents is 1. The summed E-state index contributed by atoms with van der Waals surface area (Å²) in [6.07, 6.45) is 3.39. The first-order valence-corrected chi connectivity index (χ1v) is 8.61. The molecule has 3 rings (SSSR count). The van der Waals surface area contributed by atoms with Gasteiger partial charge in [-0.2, -0.15) is 0 Å².